The van der Waals surface area contributed by atoms with Gasteiger partial charge in [0.05, 0.1) is 0 Å². The molecule has 0 saturated heterocycles. The summed E-state index contributed by atoms with van der Waals surface area (Å²) in [5.41, 5.74) is 0.523. The van der Waals surface area contributed by atoms with Gasteiger partial charge in [0.25, 0.3) is 0 Å². The molecule has 1 N–H and O–H groups in total. The van der Waals surface area contributed by atoms with Gasteiger partial charge in [0.1, 0.15) is 0 Å². The second-order valence-corrected chi connectivity index (χ2v) is 4.30. The van der Waals surface area contributed by atoms with Gasteiger partial charge in [0, 0.05) is 19.3 Å². The summed E-state index contributed by atoms with van der Waals surface area (Å²) in [6.07, 6.45) is 1.38. The van der Waals surface area contributed by atoms with E-state index >= 15 is 0 Å². The molecule has 0 saturated carbocycles. The van der Waals surface area contributed by atoms with Crippen LogP contribution in [0, 0.1) is 0 Å². The van der Waals surface area contributed by atoms with E-state index < -0.39 is 23.0 Å². The first-order valence-corrected chi connectivity index (χ1v) is 6.34. The van der Waals surface area contributed by atoms with Crippen LogP contribution in [0.4, 0.5) is 0 Å². The molecule has 1 aromatic rings. The number of rotatable bonds is 4. The van der Waals surface area contributed by atoms with E-state index in [4.69, 9.17) is 14.0 Å². The maximum absolute atomic E-state index is 11.0. The molecule has 1 aromatic carbocycles. The molecule has 0 amide bonds. The Morgan fingerprint density at radius 3 is 2.26 bits per heavy atom. The molecule has 0 aliphatic carbocycles. The Morgan fingerprint density at radius 2 is 1.74 bits per heavy atom. The van der Waals surface area contributed by atoms with Crippen LogP contribution < -0.4 is 9.47 Å². The quantitative estimate of drug-likeness (QED) is 0.514. The summed E-state index contributed by atoms with van der Waals surface area (Å²) in [6.45, 7) is 2.43. The monoisotopic (exact) mass is 284 g/mol. The largest absolute Gasteiger partial charge is 0.423 e. The van der Waals surface area contributed by atoms with Gasteiger partial charge in [-0.2, -0.15) is 0 Å². The Labute approximate surface area is 112 Å². The minimum atomic E-state index is -2.07. The van der Waals surface area contributed by atoms with Crippen molar-refractivity contribution in [3.63, 3.8) is 0 Å². The highest BCUT2D eigenvalue weighted by Crippen LogP contribution is 2.29. The lowest BCUT2D eigenvalue weighted by atomic mass is 10.2. The molecule has 0 spiro atoms. The van der Waals surface area contributed by atoms with E-state index in [2.05, 4.69) is 0 Å². The number of ether oxygens (including phenoxy) is 2. The van der Waals surface area contributed by atoms with Gasteiger partial charge in [-0.25, -0.2) is 4.21 Å². The van der Waals surface area contributed by atoms with Gasteiger partial charge >= 0.3 is 11.9 Å². The molecule has 1 rings (SSSR count). The van der Waals surface area contributed by atoms with E-state index in [1.54, 1.807) is 6.07 Å². The summed E-state index contributed by atoms with van der Waals surface area (Å²) in [4.78, 5) is 21.9. The Kier molecular flexibility index (Phi) is 5.40. The second-order valence-electron chi connectivity index (χ2n) is 3.47. The van der Waals surface area contributed by atoms with Gasteiger partial charge in [-0.3, -0.25) is 9.59 Å². The molecule has 6 nitrogen and oxygen atoms in total. The number of hydrogen-bond acceptors (Lipinski definition) is 5. The fraction of sp³-hybridized carbons (Fsp3) is 0.167. The molecule has 0 fully saturated rings. The lowest BCUT2D eigenvalue weighted by Gasteiger charge is -2.09. The van der Waals surface area contributed by atoms with E-state index in [1.807, 2.05) is 0 Å². The van der Waals surface area contributed by atoms with Crippen LogP contribution in [-0.2, 0) is 20.7 Å². The zero-order valence-electron chi connectivity index (χ0n) is 10.3. The maximum atomic E-state index is 11.0. The summed E-state index contributed by atoms with van der Waals surface area (Å²) in [5, 5.41) is 1.05. The number of esters is 2. The van der Waals surface area contributed by atoms with E-state index in [1.165, 1.54) is 32.1 Å². The van der Waals surface area contributed by atoms with Crippen LogP contribution in [0.25, 0.3) is 6.08 Å². The molecule has 0 aliphatic rings. The summed E-state index contributed by atoms with van der Waals surface area (Å²) in [6, 6.07) is 4.40. The number of benzene rings is 1. The molecule has 0 aromatic heterocycles. The van der Waals surface area contributed by atoms with Crippen LogP contribution in [-0.4, -0.2) is 20.7 Å². The van der Waals surface area contributed by atoms with E-state index in [0.717, 1.165) is 5.41 Å². The van der Waals surface area contributed by atoms with Crippen molar-refractivity contribution in [2.24, 2.45) is 0 Å². The van der Waals surface area contributed by atoms with Crippen molar-refractivity contribution in [3.8, 4) is 11.5 Å². The van der Waals surface area contributed by atoms with Crippen LogP contribution >= 0.6 is 0 Å². The summed E-state index contributed by atoms with van der Waals surface area (Å²) >= 11 is -2.07. The lowest BCUT2D eigenvalue weighted by Crippen LogP contribution is -2.07. The summed E-state index contributed by atoms with van der Waals surface area (Å²) in [7, 11) is 0. The molecule has 0 bridgehead atoms. The van der Waals surface area contributed by atoms with Gasteiger partial charge in [-0.15, -0.1) is 0 Å². The van der Waals surface area contributed by atoms with Gasteiger partial charge in [-0.1, -0.05) is 6.07 Å². The predicted octanol–water partition coefficient (Wildman–Crippen LogP) is 1.73. The Balaban J connectivity index is 3.10. The number of carbonyl (C=O) groups excluding carboxylic acids is 2. The van der Waals surface area contributed by atoms with Crippen LogP contribution in [0.3, 0.4) is 0 Å². The zero-order chi connectivity index (χ0) is 14.4. The van der Waals surface area contributed by atoms with Crippen LogP contribution in [0.2, 0.25) is 0 Å². The molecule has 0 heterocycles. The van der Waals surface area contributed by atoms with Crippen molar-refractivity contribution in [2.75, 3.05) is 0 Å². The van der Waals surface area contributed by atoms with Crippen LogP contribution in [0.15, 0.2) is 23.6 Å². The summed E-state index contributed by atoms with van der Waals surface area (Å²) < 4.78 is 28.9. The second kappa shape index (κ2) is 6.81. The van der Waals surface area contributed by atoms with Crippen molar-refractivity contribution in [2.45, 2.75) is 13.8 Å². The van der Waals surface area contributed by atoms with Crippen molar-refractivity contribution < 1.29 is 27.8 Å². The van der Waals surface area contributed by atoms with Crippen LogP contribution in [0.5, 0.6) is 11.5 Å². The first-order valence-electron chi connectivity index (χ1n) is 5.17. The standard InChI is InChI=1S/C12H12O6S/c1-8(13)17-11-4-3-10(5-6-19(15)16)7-12(11)18-9(2)14/h3-7H,1-2H3,(H,15,16)/b6-5+. The van der Waals surface area contributed by atoms with Gasteiger partial charge in [0.15, 0.2) is 22.6 Å². The molecule has 7 heteroatoms. The molecule has 1 atom stereocenters. The third-order valence-electron chi connectivity index (χ3n) is 1.85. The van der Waals surface area contributed by atoms with Gasteiger partial charge in [0.2, 0.25) is 0 Å². The van der Waals surface area contributed by atoms with E-state index in [9.17, 15) is 13.8 Å². The third-order valence-corrected chi connectivity index (χ3v) is 2.22. The Morgan fingerprint density at radius 1 is 1.16 bits per heavy atom. The normalized spacial score (nSPS) is 12.2. The minimum absolute atomic E-state index is 0.0635. The number of carbonyl (C=O) groups is 2. The summed E-state index contributed by atoms with van der Waals surface area (Å²) in [5.74, 6) is -0.952. The fourth-order valence-corrected chi connectivity index (χ4v) is 1.51. The van der Waals surface area contributed by atoms with Crippen molar-refractivity contribution in [3.05, 3.63) is 29.2 Å². The van der Waals surface area contributed by atoms with Crippen LogP contribution in [0.1, 0.15) is 19.4 Å². The highest BCUT2D eigenvalue weighted by molar-refractivity contribution is 7.82. The third kappa shape index (κ3) is 5.45. The SMILES string of the molecule is CC(=O)Oc1ccc(/C=C/S(=O)O)cc1OC(C)=O. The lowest BCUT2D eigenvalue weighted by molar-refractivity contribution is -0.134. The number of hydrogen-bond donors (Lipinski definition) is 1. The molecule has 102 valence electrons. The molecular formula is C12H12O6S. The van der Waals surface area contributed by atoms with Crippen molar-refractivity contribution >= 4 is 29.1 Å². The predicted molar refractivity (Wildman–Crippen MR) is 68.9 cm³/mol. The van der Waals surface area contributed by atoms with Crippen molar-refractivity contribution in [1.82, 2.24) is 0 Å². The van der Waals surface area contributed by atoms with E-state index in [-0.39, 0.29) is 11.5 Å². The minimum Gasteiger partial charge on any atom is -0.423 e. The highest BCUT2D eigenvalue weighted by atomic mass is 32.2. The smallest absolute Gasteiger partial charge is 0.308 e. The topological polar surface area (TPSA) is 89.9 Å². The zero-order valence-corrected chi connectivity index (χ0v) is 11.1. The van der Waals surface area contributed by atoms with Crippen molar-refractivity contribution in [1.29, 1.82) is 0 Å². The molecular weight excluding hydrogens is 272 g/mol. The highest BCUT2D eigenvalue weighted by Gasteiger charge is 2.10. The molecule has 1 unspecified atom stereocenters. The average molecular weight is 284 g/mol. The molecule has 19 heavy (non-hydrogen) atoms. The first-order chi connectivity index (χ1) is 8.88. The van der Waals surface area contributed by atoms with Gasteiger partial charge in [-0.05, 0) is 23.8 Å². The Bertz CT molecular complexity index is 549. The first kappa shape index (κ1) is 15.1. The molecule has 0 aliphatic heterocycles. The Hall–Kier alpha value is -1.99. The van der Waals surface area contributed by atoms with E-state index in [0.29, 0.717) is 5.56 Å². The maximum Gasteiger partial charge on any atom is 0.308 e. The molecule has 0 radical (unpaired) electrons. The fourth-order valence-electron chi connectivity index (χ4n) is 1.24. The average Bonchev–Trinajstić information content (AvgIpc) is 2.28. The van der Waals surface area contributed by atoms with Gasteiger partial charge < -0.3 is 14.0 Å².